The summed E-state index contributed by atoms with van der Waals surface area (Å²) in [5.74, 6) is -0.159. The van der Waals surface area contributed by atoms with E-state index in [0.717, 1.165) is 0 Å². The van der Waals surface area contributed by atoms with Gasteiger partial charge in [-0.05, 0) is 6.42 Å². The maximum atomic E-state index is 12.1. The number of hydrogen-bond donors (Lipinski definition) is 1. The second kappa shape index (κ2) is 3.57. The quantitative estimate of drug-likeness (QED) is 0.714. The Hall–Kier alpha value is -0.710. The molecule has 0 saturated carbocycles. The third-order valence-corrected chi connectivity index (χ3v) is 2.15. The Kier molecular flexibility index (Phi) is 2.85. The molecule has 0 bridgehead atoms. The average molecular weight is 193 g/mol. The van der Waals surface area contributed by atoms with Crippen LogP contribution in [0.5, 0.6) is 0 Å². The van der Waals surface area contributed by atoms with Crippen molar-refractivity contribution >= 4 is 5.91 Å². The van der Waals surface area contributed by atoms with Crippen molar-refractivity contribution in [1.82, 2.24) is 4.90 Å². The van der Waals surface area contributed by atoms with E-state index in [-0.39, 0.29) is 19.0 Å². The minimum absolute atomic E-state index is 0.159. The third-order valence-electron chi connectivity index (χ3n) is 2.15. The molecule has 1 aliphatic heterocycles. The minimum Gasteiger partial charge on any atom is -0.380 e. The highest BCUT2D eigenvalue weighted by Crippen LogP contribution is 2.27. The first-order chi connectivity index (χ1) is 5.99. The molecule has 1 rings (SSSR count). The highest BCUT2D eigenvalue weighted by atomic mass is 19.3. The fourth-order valence-electron chi connectivity index (χ4n) is 1.30. The highest BCUT2D eigenvalue weighted by molar-refractivity contribution is 5.77. The number of alkyl halides is 2. The van der Waals surface area contributed by atoms with Gasteiger partial charge in [-0.15, -0.1) is 0 Å². The Morgan fingerprint density at radius 3 is 2.54 bits per heavy atom. The van der Waals surface area contributed by atoms with Crippen molar-refractivity contribution in [3.63, 3.8) is 0 Å². The van der Waals surface area contributed by atoms with Gasteiger partial charge in [0.25, 0.3) is 6.43 Å². The molecule has 0 aromatic carbocycles. The van der Waals surface area contributed by atoms with E-state index in [4.69, 9.17) is 5.11 Å². The number of nitrogens with zero attached hydrogens (tertiary/aromatic N) is 1. The van der Waals surface area contributed by atoms with Gasteiger partial charge in [-0.25, -0.2) is 8.78 Å². The fourth-order valence-corrected chi connectivity index (χ4v) is 1.30. The van der Waals surface area contributed by atoms with Gasteiger partial charge in [0.15, 0.2) is 5.60 Å². The lowest BCUT2D eigenvalue weighted by Gasteiger charge is -2.45. The van der Waals surface area contributed by atoms with Crippen LogP contribution in [-0.2, 0) is 4.79 Å². The Morgan fingerprint density at radius 1 is 1.62 bits per heavy atom. The van der Waals surface area contributed by atoms with Crippen molar-refractivity contribution in [1.29, 1.82) is 0 Å². The summed E-state index contributed by atoms with van der Waals surface area (Å²) in [6.45, 7) is 1.38. The topological polar surface area (TPSA) is 40.5 Å². The summed E-state index contributed by atoms with van der Waals surface area (Å²) in [5, 5.41) is 9.13. The number of likely N-dealkylation sites (tertiary alicyclic amines) is 1. The summed E-state index contributed by atoms with van der Waals surface area (Å²) in [6, 6.07) is 0. The number of halogens is 2. The van der Waals surface area contributed by atoms with Crippen LogP contribution in [0.3, 0.4) is 0 Å². The van der Waals surface area contributed by atoms with E-state index in [1.54, 1.807) is 0 Å². The first-order valence-corrected chi connectivity index (χ1v) is 4.28. The van der Waals surface area contributed by atoms with Crippen molar-refractivity contribution in [3.8, 4) is 0 Å². The van der Waals surface area contributed by atoms with Gasteiger partial charge in [-0.2, -0.15) is 0 Å². The van der Waals surface area contributed by atoms with Crippen LogP contribution in [0.25, 0.3) is 0 Å². The Morgan fingerprint density at radius 2 is 2.15 bits per heavy atom. The molecule has 0 atom stereocenters. The Labute approximate surface area is 75.3 Å². The molecule has 0 aliphatic carbocycles. The molecule has 1 N–H and O–H groups in total. The monoisotopic (exact) mass is 193 g/mol. The van der Waals surface area contributed by atoms with Crippen LogP contribution in [0.4, 0.5) is 8.78 Å². The Bertz CT molecular complexity index is 202. The zero-order chi connectivity index (χ0) is 10.1. The van der Waals surface area contributed by atoms with Gasteiger partial charge in [0.1, 0.15) is 0 Å². The molecule has 1 fully saturated rings. The molecule has 0 radical (unpaired) electrons. The highest BCUT2D eigenvalue weighted by Gasteiger charge is 2.50. The molecule has 0 unspecified atom stereocenters. The second-order valence-corrected chi connectivity index (χ2v) is 3.40. The number of rotatable bonds is 3. The molecule has 1 heterocycles. The van der Waals surface area contributed by atoms with Crippen molar-refractivity contribution in [3.05, 3.63) is 0 Å². The van der Waals surface area contributed by atoms with E-state index in [1.807, 2.05) is 6.92 Å². The summed E-state index contributed by atoms with van der Waals surface area (Å²) in [5.41, 5.74) is -1.95. The number of aliphatic hydroxyl groups is 1. The van der Waals surface area contributed by atoms with E-state index in [1.165, 1.54) is 4.90 Å². The number of carbonyl (C=O) groups is 1. The van der Waals surface area contributed by atoms with E-state index in [2.05, 4.69) is 0 Å². The largest absolute Gasteiger partial charge is 0.380 e. The van der Waals surface area contributed by atoms with Gasteiger partial charge in [0, 0.05) is 6.42 Å². The molecule has 0 spiro atoms. The van der Waals surface area contributed by atoms with Crippen LogP contribution in [0.15, 0.2) is 0 Å². The summed E-state index contributed by atoms with van der Waals surface area (Å²) >= 11 is 0. The SMILES string of the molecule is CCCC(=O)N1CC(O)(C(F)F)C1. The maximum Gasteiger partial charge on any atom is 0.270 e. The number of carbonyl (C=O) groups excluding carboxylic acids is 1. The molecule has 13 heavy (non-hydrogen) atoms. The van der Waals surface area contributed by atoms with Crippen molar-refractivity contribution in [2.24, 2.45) is 0 Å². The smallest absolute Gasteiger partial charge is 0.270 e. The lowest BCUT2D eigenvalue weighted by atomic mass is 9.94. The average Bonchev–Trinajstić information content (AvgIpc) is 1.98. The predicted molar refractivity (Wildman–Crippen MR) is 42.4 cm³/mol. The first-order valence-electron chi connectivity index (χ1n) is 4.28. The summed E-state index contributed by atoms with van der Waals surface area (Å²) in [7, 11) is 0. The van der Waals surface area contributed by atoms with Crippen LogP contribution < -0.4 is 0 Å². The van der Waals surface area contributed by atoms with Crippen molar-refractivity contribution in [2.75, 3.05) is 13.1 Å². The van der Waals surface area contributed by atoms with Crippen molar-refractivity contribution < 1.29 is 18.7 Å². The number of β-amino-alcohol motifs (C(OH)–C–C–N with tert-alkyl or cyclic N) is 1. The van der Waals surface area contributed by atoms with Crippen molar-refractivity contribution in [2.45, 2.75) is 31.8 Å². The summed E-state index contributed by atoms with van der Waals surface area (Å²) < 4.78 is 24.2. The normalized spacial score (nSPS) is 20.2. The van der Waals surface area contributed by atoms with E-state index < -0.39 is 12.0 Å². The zero-order valence-corrected chi connectivity index (χ0v) is 7.46. The van der Waals surface area contributed by atoms with Gasteiger partial charge in [-0.1, -0.05) is 6.92 Å². The standard InChI is InChI=1S/C8H13F2NO2/c1-2-3-6(12)11-4-8(13,5-11)7(9)10/h7,13H,2-5H2,1H3. The molecule has 1 amide bonds. The molecule has 1 aliphatic rings. The van der Waals surface area contributed by atoms with E-state index in [0.29, 0.717) is 12.8 Å². The van der Waals surface area contributed by atoms with Gasteiger partial charge >= 0.3 is 0 Å². The lowest BCUT2D eigenvalue weighted by molar-refractivity contribution is -0.188. The fraction of sp³-hybridized carbons (Fsp3) is 0.875. The van der Waals surface area contributed by atoms with Crippen LogP contribution in [0.2, 0.25) is 0 Å². The zero-order valence-electron chi connectivity index (χ0n) is 7.46. The van der Waals surface area contributed by atoms with Crippen LogP contribution in [0.1, 0.15) is 19.8 Å². The molecule has 1 saturated heterocycles. The van der Waals surface area contributed by atoms with E-state index >= 15 is 0 Å². The Balaban J connectivity index is 2.36. The minimum atomic E-state index is -2.77. The van der Waals surface area contributed by atoms with Crippen LogP contribution in [-0.4, -0.2) is 41.0 Å². The number of hydrogen-bond acceptors (Lipinski definition) is 2. The van der Waals surface area contributed by atoms with E-state index in [9.17, 15) is 13.6 Å². The molecule has 0 aromatic rings. The summed E-state index contributed by atoms with van der Waals surface area (Å²) in [4.78, 5) is 12.4. The summed E-state index contributed by atoms with van der Waals surface area (Å²) in [6.07, 6.45) is -1.71. The predicted octanol–water partition coefficient (Wildman–Crippen LogP) is 0.625. The van der Waals surface area contributed by atoms with Gasteiger partial charge < -0.3 is 10.0 Å². The van der Waals surface area contributed by atoms with Gasteiger partial charge in [0.2, 0.25) is 5.91 Å². The molecule has 5 heteroatoms. The lowest BCUT2D eigenvalue weighted by Crippen LogP contribution is -2.67. The van der Waals surface area contributed by atoms with Gasteiger partial charge in [-0.3, -0.25) is 4.79 Å². The van der Waals surface area contributed by atoms with Gasteiger partial charge in [0.05, 0.1) is 13.1 Å². The first kappa shape index (κ1) is 10.4. The molecular weight excluding hydrogens is 180 g/mol. The molecule has 3 nitrogen and oxygen atoms in total. The maximum absolute atomic E-state index is 12.1. The van der Waals surface area contributed by atoms with Crippen LogP contribution >= 0.6 is 0 Å². The second-order valence-electron chi connectivity index (χ2n) is 3.40. The van der Waals surface area contributed by atoms with Crippen LogP contribution in [0, 0.1) is 0 Å². The molecule has 0 aromatic heterocycles. The molecular formula is C8H13F2NO2. The third kappa shape index (κ3) is 1.96. The molecule has 76 valence electrons. The number of amides is 1.